The number of nitro groups is 1. The highest BCUT2D eigenvalue weighted by Crippen LogP contribution is 2.26. The van der Waals surface area contributed by atoms with Gasteiger partial charge in [-0.15, -0.1) is 0 Å². The molecule has 0 fully saturated rings. The number of rotatable bonds is 2. The van der Waals surface area contributed by atoms with Gasteiger partial charge in [-0.05, 0) is 6.07 Å². The number of non-ortho nitro benzene ring substituents is 1. The normalized spacial score (nSPS) is 10.1. The van der Waals surface area contributed by atoms with Crippen LogP contribution in [0.4, 0.5) is 11.4 Å². The summed E-state index contributed by atoms with van der Waals surface area (Å²) in [4.78, 5) is 16.9. The van der Waals surface area contributed by atoms with Crippen LogP contribution in [0.2, 0.25) is 0 Å². The van der Waals surface area contributed by atoms with E-state index in [0.717, 1.165) is 0 Å². The van der Waals surface area contributed by atoms with Crippen LogP contribution in [0.25, 0.3) is 11.4 Å². The molecule has 0 bridgehead atoms. The lowest BCUT2D eigenvalue weighted by Crippen LogP contribution is -1.94. The average Bonchev–Trinajstić information content (AvgIpc) is 2.71. The summed E-state index contributed by atoms with van der Waals surface area (Å²) in [6, 6.07) is 4.26. The van der Waals surface area contributed by atoms with Gasteiger partial charge in [0.2, 0.25) is 0 Å². The molecule has 0 aliphatic rings. The topological polar surface area (TPSA) is 97.8 Å². The van der Waals surface area contributed by atoms with Gasteiger partial charge in [0.15, 0.2) is 0 Å². The summed E-state index contributed by atoms with van der Waals surface area (Å²) in [5.41, 5.74) is 6.68. The summed E-state index contributed by atoms with van der Waals surface area (Å²) < 4.78 is 0. The number of nitrogens with zero attached hydrogens (tertiary/aromatic N) is 2. The number of imidazole rings is 1. The molecule has 1 aromatic heterocycles. The van der Waals surface area contributed by atoms with E-state index in [1.54, 1.807) is 12.4 Å². The summed E-state index contributed by atoms with van der Waals surface area (Å²) in [5.74, 6) is 0.524. The van der Waals surface area contributed by atoms with Crippen molar-refractivity contribution in [1.82, 2.24) is 9.97 Å². The first-order valence-corrected chi connectivity index (χ1v) is 4.22. The number of aromatic amines is 1. The largest absolute Gasteiger partial charge is 0.398 e. The zero-order valence-electron chi connectivity index (χ0n) is 7.68. The van der Waals surface area contributed by atoms with Gasteiger partial charge in [0.05, 0.1) is 4.92 Å². The SMILES string of the molecule is Nc1ccc([N+](=O)[O-])cc1-c1ncc[nH]1. The Morgan fingerprint density at radius 3 is 2.87 bits per heavy atom. The Bertz CT molecular complexity index is 493. The minimum atomic E-state index is -0.466. The van der Waals surface area contributed by atoms with Crippen LogP contribution in [0, 0.1) is 10.1 Å². The lowest BCUT2D eigenvalue weighted by Gasteiger charge is -2.01. The van der Waals surface area contributed by atoms with Crippen molar-refractivity contribution in [3.63, 3.8) is 0 Å². The Morgan fingerprint density at radius 2 is 2.27 bits per heavy atom. The van der Waals surface area contributed by atoms with Crippen molar-refractivity contribution in [2.45, 2.75) is 0 Å². The standard InChI is InChI=1S/C9H8N4O2/c10-8-2-1-6(13(14)15)5-7(8)9-11-3-4-12-9/h1-5H,10H2,(H,11,12). The van der Waals surface area contributed by atoms with E-state index in [-0.39, 0.29) is 5.69 Å². The number of nitrogen functional groups attached to an aromatic ring is 1. The minimum Gasteiger partial charge on any atom is -0.398 e. The third kappa shape index (κ3) is 1.64. The Hall–Kier alpha value is -2.37. The molecular formula is C9H8N4O2. The van der Waals surface area contributed by atoms with Gasteiger partial charge in [-0.25, -0.2) is 4.98 Å². The molecule has 2 rings (SSSR count). The van der Waals surface area contributed by atoms with Crippen LogP contribution in [0.3, 0.4) is 0 Å². The van der Waals surface area contributed by atoms with Gasteiger partial charge in [-0.1, -0.05) is 0 Å². The van der Waals surface area contributed by atoms with Gasteiger partial charge in [0.25, 0.3) is 5.69 Å². The van der Waals surface area contributed by atoms with E-state index in [9.17, 15) is 10.1 Å². The van der Waals surface area contributed by atoms with Gasteiger partial charge >= 0.3 is 0 Å². The zero-order chi connectivity index (χ0) is 10.8. The summed E-state index contributed by atoms with van der Waals surface area (Å²) in [7, 11) is 0. The highest BCUT2D eigenvalue weighted by Gasteiger charge is 2.11. The molecule has 0 amide bonds. The summed E-state index contributed by atoms with van der Waals surface area (Å²) in [6.45, 7) is 0. The Morgan fingerprint density at radius 1 is 1.47 bits per heavy atom. The second kappa shape index (κ2) is 3.41. The van der Waals surface area contributed by atoms with E-state index < -0.39 is 4.92 Å². The van der Waals surface area contributed by atoms with E-state index in [4.69, 9.17) is 5.73 Å². The molecule has 1 aromatic carbocycles. The third-order valence-corrected chi connectivity index (χ3v) is 2.00. The number of benzene rings is 1. The highest BCUT2D eigenvalue weighted by atomic mass is 16.6. The lowest BCUT2D eigenvalue weighted by atomic mass is 10.1. The van der Waals surface area contributed by atoms with Crippen LogP contribution < -0.4 is 5.73 Å². The highest BCUT2D eigenvalue weighted by molar-refractivity contribution is 5.73. The van der Waals surface area contributed by atoms with Gasteiger partial charge < -0.3 is 10.7 Å². The fourth-order valence-corrected chi connectivity index (χ4v) is 1.28. The van der Waals surface area contributed by atoms with Gasteiger partial charge in [-0.3, -0.25) is 10.1 Å². The quantitative estimate of drug-likeness (QED) is 0.440. The van der Waals surface area contributed by atoms with Crippen molar-refractivity contribution in [2.75, 3.05) is 5.73 Å². The first-order valence-electron chi connectivity index (χ1n) is 4.22. The van der Waals surface area contributed by atoms with Crippen molar-refractivity contribution < 1.29 is 4.92 Å². The second-order valence-electron chi connectivity index (χ2n) is 2.97. The molecule has 0 aliphatic carbocycles. The molecule has 0 saturated carbocycles. The molecule has 76 valence electrons. The monoisotopic (exact) mass is 204 g/mol. The Kier molecular flexibility index (Phi) is 2.09. The maximum Gasteiger partial charge on any atom is 0.270 e. The fourth-order valence-electron chi connectivity index (χ4n) is 1.28. The van der Waals surface area contributed by atoms with Crippen LogP contribution in [0.5, 0.6) is 0 Å². The van der Waals surface area contributed by atoms with Crippen molar-refractivity contribution >= 4 is 11.4 Å². The predicted octanol–water partition coefficient (Wildman–Crippen LogP) is 1.57. The molecule has 0 radical (unpaired) electrons. The van der Waals surface area contributed by atoms with Gasteiger partial charge in [0.1, 0.15) is 5.82 Å². The van der Waals surface area contributed by atoms with Crippen molar-refractivity contribution in [2.24, 2.45) is 0 Å². The molecular weight excluding hydrogens is 196 g/mol. The number of hydrogen-bond donors (Lipinski definition) is 2. The summed E-state index contributed by atoms with van der Waals surface area (Å²) in [5, 5.41) is 10.6. The number of nitrogens with one attached hydrogen (secondary N) is 1. The first kappa shape index (κ1) is 9.20. The molecule has 3 N–H and O–H groups in total. The van der Waals surface area contributed by atoms with Crippen LogP contribution >= 0.6 is 0 Å². The number of hydrogen-bond acceptors (Lipinski definition) is 4. The number of anilines is 1. The molecule has 0 spiro atoms. The van der Waals surface area contributed by atoms with E-state index in [2.05, 4.69) is 9.97 Å². The average molecular weight is 204 g/mol. The predicted molar refractivity (Wildman–Crippen MR) is 55.1 cm³/mol. The molecule has 0 saturated heterocycles. The first-order chi connectivity index (χ1) is 7.18. The van der Waals surface area contributed by atoms with Gasteiger partial charge in [0, 0.05) is 35.8 Å². The van der Waals surface area contributed by atoms with Gasteiger partial charge in [-0.2, -0.15) is 0 Å². The molecule has 1 heterocycles. The van der Waals surface area contributed by atoms with E-state index >= 15 is 0 Å². The van der Waals surface area contributed by atoms with E-state index in [1.165, 1.54) is 18.2 Å². The Labute approximate surface area is 84.9 Å². The molecule has 0 unspecified atom stereocenters. The van der Waals surface area contributed by atoms with Crippen molar-refractivity contribution in [3.05, 3.63) is 40.7 Å². The van der Waals surface area contributed by atoms with Crippen LogP contribution in [0.15, 0.2) is 30.6 Å². The molecule has 0 atom stereocenters. The number of nitro benzene ring substituents is 1. The fraction of sp³-hybridized carbons (Fsp3) is 0. The Balaban J connectivity index is 2.55. The summed E-state index contributed by atoms with van der Waals surface area (Å²) >= 11 is 0. The summed E-state index contributed by atoms with van der Waals surface area (Å²) in [6.07, 6.45) is 3.20. The second-order valence-corrected chi connectivity index (χ2v) is 2.97. The molecule has 15 heavy (non-hydrogen) atoms. The smallest absolute Gasteiger partial charge is 0.270 e. The molecule has 6 heteroatoms. The third-order valence-electron chi connectivity index (χ3n) is 2.00. The molecule has 6 nitrogen and oxygen atoms in total. The van der Waals surface area contributed by atoms with Crippen LogP contribution in [-0.4, -0.2) is 14.9 Å². The van der Waals surface area contributed by atoms with Crippen LogP contribution in [-0.2, 0) is 0 Å². The number of aromatic nitrogens is 2. The molecule has 0 aliphatic heterocycles. The maximum atomic E-state index is 10.6. The minimum absolute atomic E-state index is 0.00407. The van der Waals surface area contributed by atoms with Crippen molar-refractivity contribution in [1.29, 1.82) is 0 Å². The van der Waals surface area contributed by atoms with Crippen molar-refractivity contribution in [3.8, 4) is 11.4 Å². The number of nitrogens with two attached hydrogens (primary N) is 1. The zero-order valence-corrected chi connectivity index (χ0v) is 7.68. The van der Waals surface area contributed by atoms with E-state index in [0.29, 0.717) is 17.1 Å². The lowest BCUT2D eigenvalue weighted by molar-refractivity contribution is -0.384. The maximum absolute atomic E-state index is 10.6. The molecule has 2 aromatic rings. The van der Waals surface area contributed by atoms with E-state index in [1.807, 2.05) is 0 Å². The number of H-pyrrole nitrogens is 1. The van der Waals surface area contributed by atoms with Crippen LogP contribution in [0.1, 0.15) is 0 Å².